The number of carbonyl (C=O) groups excluding carboxylic acids is 1. The molecule has 1 fully saturated rings. The van der Waals surface area contributed by atoms with E-state index < -0.39 is 0 Å². The molecule has 0 N–H and O–H groups in total. The number of benzene rings is 2. The fourth-order valence-corrected chi connectivity index (χ4v) is 3.51. The Morgan fingerprint density at radius 2 is 1.48 bits per heavy atom. The third-order valence-electron chi connectivity index (χ3n) is 5.18. The van der Waals surface area contributed by atoms with Crippen LogP contribution in [0.1, 0.15) is 31.4 Å². The molecule has 0 amide bonds. The van der Waals surface area contributed by atoms with Crippen molar-refractivity contribution in [1.82, 2.24) is 0 Å². The van der Waals surface area contributed by atoms with E-state index >= 15 is 0 Å². The lowest BCUT2D eigenvalue weighted by Crippen LogP contribution is -2.48. The number of hydrogen-bond acceptors (Lipinski definition) is 4. The van der Waals surface area contributed by atoms with E-state index in [-0.39, 0.29) is 30.0 Å². The molecule has 0 unspecified atom stereocenters. The highest BCUT2D eigenvalue weighted by Gasteiger charge is 2.41. The lowest BCUT2D eigenvalue weighted by atomic mass is 9.85. The summed E-state index contributed by atoms with van der Waals surface area (Å²) >= 11 is 0. The molecular weight excluding hydrogens is 340 g/mol. The third kappa shape index (κ3) is 5.41. The minimum atomic E-state index is -0.259. The number of esters is 1. The van der Waals surface area contributed by atoms with Gasteiger partial charge in [-0.25, -0.2) is 0 Å². The molecule has 3 rings (SSSR count). The van der Waals surface area contributed by atoms with Crippen LogP contribution in [0.25, 0.3) is 0 Å². The Morgan fingerprint density at radius 3 is 2.11 bits per heavy atom. The number of ether oxygens (including phenoxy) is 3. The summed E-state index contributed by atoms with van der Waals surface area (Å²) in [6, 6.07) is 20.1. The zero-order valence-corrected chi connectivity index (χ0v) is 16.0. The normalized spacial score (nSPS) is 25.2. The number of hydrogen-bond donors (Lipinski definition) is 0. The molecule has 2 aromatic carbocycles. The van der Waals surface area contributed by atoms with E-state index in [4.69, 9.17) is 14.2 Å². The van der Waals surface area contributed by atoms with E-state index in [2.05, 4.69) is 6.92 Å². The Labute approximate surface area is 161 Å². The fraction of sp³-hybridized carbons (Fsp3) is 0.435. The first-order valence-corrected chi connectivity index (χ1v) is 9.63. The van der Waals surface area contributed by atoms with Gasteiger partial charge in [0, 0.05) is 12.3 Å². The molecule has 1 heterocycles. The van der Waals surface area contributed by atoms with Crippen LogP contribution in [0.2, 0.25) is 0 Å². The molecule has 27 heavy (non-hydrogen) atoms. The Hall–Kier alpha value is -2.17. The summed E-state index contributed by atoms with van der Waals surface area (Å²) in [5.41, 5.74) is 2.25. The highest BCUT2D eigenvalue weighted by atomic mass is 16.6. The summed E-state index contributed by atoms with van der Waals surface area (Å²) in [7, 11) is 0. The monoisotopic (exact) mass is 368 g/mol. The summed E-state index contributed by atoms with van der Waals surface area (Å²) in [5, 5.41) is 0. The first kappa shape index (κ1) is 19.6. The van der Waals surface area contributed by atoms with E-state index in [0.717, 1.165) is 11.1 Å². The second-order valence-corrected chi connectivity index (χ2v) is 7.21. The first-order valence-electron chi connectivity index (χ1n) is 9.63. The van der Waals surface area contributed by atoms with Gasteiger partial charge in [-0.2, -0.15) is 0 Å². The molecule has 4 heteroatoms. The summed E-state index contributed by atoms with van der Waals surface area (Å²) in [6.45, 7) is 5.61. The third-order valence-corrected chi connectivity index (χ3v) is 5.18. The molecule has 4 nitrogen and oxygen atoms in total. The van der Waals surface area contributed by atoms with Gasteiger partial charge in [0.1, 0.15) is 6.10 Å². The van der Waals surface area contributed by atoms with Crippen molar-refractivity contribution in [2.24, 2.45) is 11.8 Å². The van der Waals surface area contributed by atoms with Crippen LogP contribution in [0.3, 0.4) is 0 Å². The zero-order valence-electron chi connectivity index (χ0n) is 16.0. The summed E-state index contributed by atoms with van der Waals surface area (Å²) in [4.78, 5) is 12.3. The first-order chi connectivity index (χ1) is 13.1. The van der Waals surface area contributed by atoms with Crippen molar-refractivity contribution in [3.05, 3.63) is 71.8 Å². The maximum absolute atomic E-state index is 12.3. The van der Waals surface area contributed by atoms with Gasteiger partial charge >= 0.3 is 5.97 Å². The highest BCUT2D eigenvalue weighted by molar-refractivity contribution is 5.73. The second-order valence-electron chi connectivity index (χ2n) is 7.21. The Morgan fingerprint density at radius 1 is 0.889 bits per heavy atom. The van der Waals surface area contributed by atoms with E-state index in [1.807, 2.05) is 67.6 Å². The van der Waals surface area contributed by atoms with Gasteiger partial charge in [0.05, 0.1) is 31.8 Å². The second kappa shape index (κ2) is 9.67. The van der Waals surface area contributed by atoms with E-state index in [9.17, 15) is 4.79 Å². The Bertz CT molecular complexity index is 701. The van der Waals surface area contributed by atoms with Crippen LogP contribution >= 0.6 is 0 Å². The van der Waals surface area contributed by atoms with Crippen LogP contribution in [0.4, 0.5) is 0 Å². The molecular formula is C23H28O4. The molecule has 0 aliphatic carbocycles. The van der Waals surface area contributed by atoms with Gasteiger partial charge in [0.25, 0.3) is 0 Å². The molecule has 0 spiro atoms. The lowest BCUT2D eigenvalue weighted by molar-refractivity contribution is -0.186. The molecule has 2 aromatic rings. The predicted octanol–water partition coefficient (Wildman–Crippen LogP) is 4.38. The van der Waals surface area contributed by atoms with Crippen LogP contribution in [-0.4, -0.2) is 24.8 Å². The molecule has 0 bridgehead atoms. The molecule has 144 valence electrons. The smallest absolute Gasteiger partial charge is 0.311 e. The van der Waals surface area contributed by atoms with Crippen LogP contribution < -0.4 is 0 Å². The van der Waals surface area contributed by atoms with Crippen molar-refractivity contribution in [2.75, 3.05) is 6.61 Å². The quantitative estimate of drug-likeness (QED) is 0.512. The van der Waals surface area contributed by atoms with Gasteiger partial charge in [-0.3, -0.25) is 4.79 Å². The Kier molecular flexibility index (Phi) is 7.02. The topological polar surface area (TPSA) is 44.8 Å². The van der Waals surface area contributed by atoms with E-state index in [0.29, 0.717) is 26.2 Å². The standard InChI is InChI=1S/C23H28O4/c1-17-21(13-14-25-15-19-9-5-3-6-10-19)27-23(24)18(2)22(17)26-16-20-11-7-4-8-12-20/h3-12,17-18,21-22H,13-16H2,1-2H3/t17-,18+,21+,22-/m0/s1. The van der Waals surface area contributed by atoms with Gasteiger partial charge < -0.3 is 14.2 Å². The number of rotatable bonds is 8. The van der Waals surface area contributed by atoms with Gasteiger partial charge in [0.15, 0.2) is 0 Å². The number of carbonyl (C=O) groups is 1. The summed E-state index contributed by atoms with van der Waals surface area (Å²) in [5.74, 6) is -0.314. The van der Waals surface area contributed by atoms with Crippen molar-refractivity contribution in [1.29, 1.82) is 0 Å². The minimum Gasteiger partial charge on any atom is -0.462 e. The van der Waals surface area contributed by atoms with Gasteiger partial charge in [-0.1, -0.05) is 67.6 Å². The van der Waals surface area contributed by atoms with E-state index in [1.54, 1.807) is 0 Å². The number of cyclic esters (lactones) is 1. The van der Waals surface area contributed by atoms with Crippen molar-refractivity contribution in [3.8, 4) is 0 Å². The van der Waals surface area contributed by atoms with Crippen LogP contribution in [0, 0.1) is 11.8 Å². The largest absolute Gasteiger partial charge is 0.462 e. The summed E-state index contributed by atoms with van der Waals surface area (Å²) < 4.78 is 17.5. The summed E-state index contributed by atoms with van der Waals surface area (Å²) in [6.07, 6.45) is 0.355. The van der Waals surface area contributed by atoms with Gasteiger partial charge in [0.2, 0.25) is 0 Å². The van der Waals surface area contributed by atoms with Crippen molar-refractivity contribution >= 4 is 5.97 Å². The van der Waals surface area contributed by atoms with E-state index in [1.165, 1.54) is 0 Å². The molecule has 0 radical (unpaired) electrons. The molecule has 0 aromatic heterocycles. The van der Waals surface area contributed by atoms with Crippen LogP contribution in [0.15, 0.2) is 60.7 Å². The maximum atomic E-state index is 12.3. The van der Waals surface area contributed by atoms with Crippen LogP contribution in [-0.2, 0) is 32.2 Å². The molecule has 1 saturated heterocycles. The Balaban J connectivity index is 1.50. The van der Waals surface area contributed by atoms with Crippen molar-refractivity contribution in [2.45, 2.75) is 45.7 Å². The zero-order chi connectivity index (χ0) is 19.1. The van der Waals surface area contributed by atoms with Crippen LogP contribution in [0.5, 0.6) is 0 Å². The van der Waals surface area contributed by atoms with Gasteiger partial charge in [-0.05, 0) is 18.1 Å². The minimum absolute atomic E-state index is 0.127. The SMILES string of the molecule is C[C@@H]1[C@H](OCc2ccccc2)[C@@H](C)C(=O)O[C@@H]1CCOCc1ccccc1. The average molecular weight is 368 g/mol. The predicted molar refractivity (Wildman–Crippen MR) is 104 cm³/mol. The highest BCUT2D eigenvalue weighted by Crippen LogP contribution is 2.31. The lowest BCUT2D eigenvalue weighted by Gasteiger charge is -2.39. The average Bonchev–Trinajstić information content (AvgIpc) is 2.70. The molecule has 1 aliphatic heterocycles. The molecule has 0 saturated carbocycles. The molecule has 4 atom stereocenters. The maximum Gasteiger partial charge on any atom is 0.311 e. The van der Waals surface area contributed by atoms with Crippen molar-refractivity contribution < 1.29 is 19.0 Å². The molecule has 1 aliphatic rings. The van der Waals surface area contributed by atoms with Crippen molar-refractivity contribution in [3.63, 3.8) is 0 Å². The van der Waals surface area contributed by atoms with Gasteiger partial charge in [-0.15, -0.1) is 0 Å². The fourth-order valence-electron chi connectivity index (χ4n) is 3.51.